The van der Waals surface area contributed by atoms with Crippen molar-refractivity contribution < 1.29 is 14.7 Å². The van der Waals surface area contributed by atoms with Crippen LogP contribution in [0, 0.1) is 6.92 Å². The van der Waals surface area contributed by atoms with Crippen molar-refractivity contribution in [3.63, 3.8) is 0 Å². The third-order valence-corrected chi connectivity index (χ3v) is 4.16. The SMILES string of the molecule is CCC(C)N(CC(=O)O)C(=O)c1cccc(C)c1Br. The average Bonchev–Trinajstić information content (AvgIpc) is 2.37. The maximum absolute atomic E-state index is 12.5. The molecule has 0 fully saturated rings. The Morgan fingerprint density at radius 3 is 2.58 bits per heavy atom. The Labute approximate surface area is 121 Å². The molecule has 4 nitrogen and oxygen atoms in total. The number of carbonyl (C=O) groups is 2. The minimum absolute atomic E-state index is 0.115. The summed E-state index contributed by atoms with van der Waals surface area (Å²) in [6, 6.07) is 5.28. The Bertz CT molecular complexity index is 488. The van der Waals surface area contributed by atoms with E-state index < -0.39 is 5.97 Å². The van der Waals surface area contributed by atoms with Crippen LogP contribution in [0.3, 0.4) is 0 Å². The van der Waals surface area contributed by atoms with E-state index in [0.29, 0.717) is 12.0 Å². The lowest BCUT2D eigenvalue weighted by atomic mass is 10.1. The van der Waals surface area contributed by atoms with Gasteiger partial charge in [-0.1, -0.05) is 19.1 Å². The molecule has 0 bridgehead atoms. The number of rotatable bonds is 5. The van der Waals surface area contributed by atoms with E-state index in [1.807, 2.05) is 26.8 Å². The summed E-state index contributed by atoms with van der Waals surface area (Å²) in [4.78, 5) is 24.8. The molecule has 0 radical (unpaired) electrons. The number of aryl methyl sites for hydroxylation is 1. The van der Waals surface area contributed by atoms with Gasteiger partial charge in [0.15, 0.2) is 0 Å². The summed E-state index contributed by atoms with van der Waals surface area (Å²) in [5, 5.41) is 8.94. The van der Waals surface area contributed by atoms with Gasteiger partial charge in [-0.15, -0.1) is 0 Å². The van der Waals surface area contributed by atoms with Gasteiger partial charge >= 0.3 is 5.97 Å². The van der Waals surface area contributed by atoms with Crippen LogP contribution >= 0.6 is 15.9 Å². The van der Waals surface area contributed by atoms with E-state index in [2.05, 4.69) is 15.9 Å². The third kappa shape index (κ3) is 3.80. The molecule has 1 aromatic rings. The summed E-state index contributed by atoms with van der Waals surface area (Å²) in [7, 11) is 0. The molecule has 0 heterocycles. The Hall–Kier alpha value is -1.36. The van der Waals surface area contributed by atoms with E-state index in [1.165, 1.54) is 4.90 Å². The normalized spacial score (nSPS) is 12.0. The van der Waals surface area contributed by atoms with Gasteiger partial charge in [-0.05, 0) is 47.8 Å². The number of hydrogen-bond acceptors (Lipinski definition) is 2. The van der Waals surface area contributed by atoms with Crippen LogP contribution in [-0.2, 0) is 4.79 Å². The van der Waals surface area contributed by atoms with Crippen molar-refractivity contribution in [2.45, 2.75) is 33.2 Å². The fourth-order valence-electron chi connectivity index (χ4n) is 1.76. The van der Waals surface area contributed by atoms with Crippen molar-refractivity contribution >= 4 is 27.8 Å². The standard InChI is InChI=1S/C14H18BrNO3/c1-4-10(3)16(8-12(17)18)14(19)11-7-5-6-9(2)13(11)15/h5-7,10H,4,8H2,1-3H3,(H,17,18). The van der Waals surface area contributed by atoms with Crippen LogP contribution in [0.2, 0.25) is 0 Å². The van der Waals surface area contributed by atoms with Crippen molar-refractivity contribution in [2.75, 3.05) is 6.54 Å². The first kappa shape index (κ1) is 15.7. The van der Waals surface area contributed by atoms with Crippen molar-refractivity contribution in [3.8, 4) is 0 Å². The van der Waals surface area contributed by atoms with Crippen molar-refractivity contribution in [3.05, 3.63) is 33.8 Å². The highest BCUT2D eigenvalue weighted by atomic mass is 79.9. The van der Waals surface area contributed by atoms with Gasteiger partial charge in [-0.2, -0.15) is 0 Å². The van der Waals surface area contributed by atoms with E-state index in [1.54, 1.807) is 12.1 Å². The lowest BCUT2D eigenvalue weighted by Crippen LogP contribution is -2.42. The molecule has 1 unspecified atom stereocenters. The molecule has 0 saturated heterocycles. The number of amides is 1. The monoisotopic (exact) mass is 327 g/mol. The van der Waals surface area contributed by atoms with Gasteiger partial charge in [0.1, 0.15) is 6.54 Å². The maximum Gasteiger partial charge on any atom is 0.323 e. The number of carbonyl (C=O) groups excluding carboxylic acids is 1. The van der Waals surface area contributed by atoms with E-state index >= 15 is 0 Å². The molecule has 0 aromatic heterocycles. The first-order chi connectivity index (χ1) is 8.88. The minimum atomic E-state index is -1.00. The molecular formula is C14H18BrNO3. The zero-order valence-corrected chi connectivity index (χ0v) is 12.9. The van der Waals surface area contributed by atoms with Crippen LogP contribution in [-0.4, -0.2) is 34.5 Å². The van der Waals surface area contributed by atoms with E-state index in [4.69, 9.17) is 5.11 Å². The minimum Gasteiger partial charge on any atom is -0.480 e. The molecule has 0 aliphatic rings. The molecule has 1 atom stereocenters. The summed E-state index contributed by atoms with van der Waals surface area (Å²) < 4.78 is 0.721. The zero-order chi connectivity index (χ0) is 14.6. The van der Waals surface area contributed by atoms with Gasteiger partial charge in [0.25, 0.3) is 5.91 Å². The fraction of sp³-hybridized carbons (Fsp3) is 0.429. The molecule has 0 aliphatic heterocycles. The fourth-order valence-corrected chi connectivity index (χ4v) is 2.20. The number of benzene rings is 1. The summed E-state index contributed by atoms with van der Waals surface area (Å²) in [5.41, 5.74) is 1.45. The summed E-state index contributed by atoms with van der Waals surface area (Å²) in [6.45, 7) is 5.39. The molecule has 1 N–H and O–H groups in total. The number of carboxylic acid groups (broad SMARTS) is 1. The van der Waals surface area contributed by atoms with Crippen molar-refractivity contribution in [1.29, 1.82) is 0 Å². The van der Waals surface area contributed by atoms with Gasteiger partial charge in [0, 0.05) is 10.5 Å². The van der Waals surface area contributed by atoms with Crippen LogP contribution in [0.1, 0.15) is 36.2 Å². The van der Waals surface area contributed by atoms with E-state index in [0.717, 1.165) is 10.0 Å². The number of halogens is 1. The number of hydrogen-bond donors (Lipinski definition) is 1. The molecule has 0 saturated carbocycles. The highest BCUT2D eigenvalue weighted by Gasteiger charge is 2.24. The molecule has 0 aliphatic carbocycles. The number of nitrogens with zero attached hydrogens (tertiary/aromatic N) is 1. The molecule has 19 heavy (non-hydrogen) atoms. The maximum atomic E-state index is 12.5. The van der Waals surface area contributed by atoms with Gasteiger partial charge in [-0.25, -0.2) is 0 Å². The van der Waals surface area contributed by atoms with E-state index in [-0.39, 0.29) is 18.5 Å². The van der Waals surface area contributed by atoms with Crippen LogP contribution < -0.4 is 0 Å². The van der Waals surface area contributed by atoms with Crippen LogP contribution in [0.5, 0.6) is 0 Å². The molecule has 1 amide bonds. The second-order valence-corrected chi connectivity index (χ2v) is 5.31. The predicted octanol–water partition coefficient (Wildman–Crippen LogP) is 3.08. The topological polar surface area (TPSA) is 57.6 Å². The van der Waals surface area contributed by atoms with Gasteiger partial charge in [0.05, 0.1) is 5.56 Å². The lowest BCUT2D eigenvalue weighted by molar-refractivity contribution is -0.138. The number of carboxylic acids is 1. The molecule has 1 rings (SSSR count). The number of aliphatic carboxylic acids is 1. The molecule has 0 spiro atoms. The largest absolute Gasteiger partial charge is 0.480 e. The molecule has 5 heteroatoms. The summed E-state index contributed by atoms with van der Waals surface area (Å²) in [6.07, 6.45) is 0.711. The van der Waals surface area contributed by atoms with Crippen LogP contribution in [0.25, 0.3) is 0 Å². The lowest BCUT2D eigenvalue weighted by Gasteiger charge is -2.27. The quantitative estimate of drug-likeness (QED) is 0.904. The Morgan fingerprint density at radius 2 is 2.05 bits per heavy atom. The highest BCUT2D eigenvalue weighted by Crippen LogP contribution is 2.23. The Kier molecular flexibility index (Phi) is 5.54. The molecular weight excluding hydrogens is 310 g/mol. The van der Waals surface area contributed by atoms with Crippen molar-refractivity contribution in [1.82, 2.24) is 4.90 Å². The smallest absolute Gasteiger partial charge is 0.323 e. The third-order valence-electron chi connectivity index (χ3n) is 3.11. The summed E-state index contributed by atoms with van der Waals surface area (Å²) in [5.74, 6) is -1.26. The zero-order valence-electron chi connectivity index (χ0n) is 11.3. The Balaban J connectivity index is 3.11. The second-order valence-electron chi connectivity index (χ2n) is 4.52. The average molecular weight is 328 g/mol. The van der Waals surface area contributed by atoms with Crippen LogP contribution in [0.15, 0.2) is 22.7 Å². The second kappa shape index (κ2) is 6.70. The van der Waals surface area contributed by atoms with E-state index in [9.17, 15) is 9.59 Å². The molecule has 104 valence electrons. The summed E-state index contributed by atoms with van der Waals surface area (Å²) >= 11 is 3.39. The van der Waals surface area contributed by atoms with Gasteiger partial charge in [-0.3, -0.25) is 9.59 Å². The first-order valence-electron chi connectivity index (χ1n) is 6.16. The van der Waals surface area contributed by atoms with Crippen LogP contribution in [0.4, 0.5) is 0 Å². The van der Waals surface area contributed by atoms with Gasteiger partial charge in [0.2, 0.25) is 0 Å². The molecule has 1 aromatic carbocycles. The van der Waals surface area contributed by atoms with Gasteiger partial charge < -0.3 is 10.0 Å². The highest BCUT2D eigenvalue weighted by molar-refractivity contribution is 9.10. The Morgan fingerprint density at radius 1 is 1.42 bits per heavy atom. The predicted molar refractivity (Wildman–Crippen MR) is 77.3 cm³/mol. The first-order valence-corrected chi connectivity index (χ1v) is 6.95. The van der Waals surface area contributed by atoms with Crippen molar-refractivity contribution in [2.24, 2.45) is 0 Å².